The molecule has 5 nitrogen and oxygen atoms in total. The summed E-state index contributed by atoms with van der Waals surface area (Å²) in [7, 11) is 0. The monoisotopic (exact) mass is 225 g/mol. The summed E-state index contributed by atoms with van der Waals surface area (Å²) in [4.78, 5) is 11.4. The second-order valence-electron chi connectivity index (χ2n) is 3.45. The fraction of sp³-hybridized carbons (Fsp3) is 0.364. The molecule has 0 saturated heterocycles. The van der Waals surface area contributed by atoms with Crippen molar-refractivity contribution >= 4 is 5.91 Å². The van der Waals surface area contributed by atoms with Crippen molar-refractivity contribution in [1.82, 2.24) is 5.32 Å². The molecule has 0 aliphatic heterocycles. The van der Waals surface area contributed by atoms with Gasteiger partial charge in [0.25, 0.3) is 0 Å². The number of aliphatic hydroxyl groups is 2. The number of carbonyl (C=O) groups is 1. The smallest absolute Gasteiger partial charge is 0.224 e. The Balaban J connectivity index is 2.43. The molecule has 0 aliphatic carbocycles. The summed E-state index contributed by atoms with van der Waals surface area (Å²) in [6.45, 7) is -0.389. The van der Waals surface area contributed by atoms with Crippen molar-refractivity contribution in [2.24, 2.45) is 0 Å². The highest BCUT2D eigenvalue weighted by atomic mass is 16.3. The van der Waals surface area contributed by atoms with Crippen LogP contribution in [0.15, 0.2) is 24.3 Å². The zero-order valence-corrected chi connectivity index (χ0v) is 8.76. The van der Waals surface area contributed by atoms with Crippen LogP contribution in [-0.2, 0) is 11.2 Å². The standard InChI is InChI=1S/C11H15NO4/c13-7-9(14)6-12-11(16)5-8-3-1-2-4-10(8)15/h1-4,9,13-15H,5-7H2,(H,12,16). The van der Waals surface area contributed by atoms with Gasteiger partial charge in [0.15, 0.2) is 0 Å². The predicted molar refractivity (Wildman–Crippen MR) is 57.9 cm³/mol. The van der Waals surface area contributed by atoms with Crippen molar-refractivity contribution in [3.05, 3.63) is 29.8 Å². The molecule has 5 heteroatoms. The van der Waals surface area contributed by atoms with E-state index in [0.717, 1.165) is 0 Å². The number of hydrogen-bond donors (Lipinski definition) is 4. The van der Waals surface area contributed by atoms with Crippen LogP contribution in [0.25, 0.3) is 0 Å². The molecule has 0 heterocycles. The lowest BCUT2D eigenvalue weighted by Gasteiger charge is -2.09. The molecule has 0 aliphatic rings. The summed E-state index contributed by atoms with van der Waals surface area (Å²) in [6, 6.07) is 6.56. The van der Waals surface area contributed by atoms with E-state index in [-0.39, 0.29) is 24.6 Å². The Morgan fingerprint density at radius 3 is 2.69 bits per heavy atom. The van der Waals surface area contributed by atoms with Gasteiger partial charge >= 0.3 is 0 Å². The molecule has 1 aromatic rings. The third kappa shape index (κ3) is 3.88. The van der Waals surface area contributed by atoms with E-state index in [1.165, 1.54) is 6.07 Å². The maximum atomic E-state index is 11.4. The van der Waals surface area contributed by atoms with Crippen LogP contribution >= 0.6 is 0 Å². The van der Waals surface area contributed by atoms with Crippen LogP contribution in [-0.4, -0.2) is 40.5 Å². The second-order valence-corrected chi connectivity index (χ2v) is 3.45. The SMILES string of the molecule is O=C(Cc1ccccc1O)NCC(O)CO. The van der Waals surface area contributed by atoms with Crippen LogP contribution in [0.3, 0.4) is 0 Å². The van der Waals surface area contributed by atoms with Gasteiger partial charge in [0.05, 0.1) is 19.1 Å². The van der Waals surface area contributed by atoms with Crippen LogP contribution in [0.4, 0.5) is 0 Å². The first kappa shape index (κ1) is 12.5. The van der Waals surface area contributed by atoms with Crippen LogP contribution in [0.5, 0.6) is 5.75 Å². The molecule has 1 amide bonds. The summed E-state index contributed by atoms with van der Waals surface area (Å²) < 4.78 is 0. The number of rotatable bonds is 5. The average Bonchev–Trinajstić information content (AvgIpc) is 2.29. The van der Waals surface area contributed by atoms with Gasteiger partial charge in [0.2, 0.25) is 5.91 Å². The summed E-state index contributed by atoms with van der Waals surface area (Å²) in [5, 5.41) is 29.4. The predicted octanol–water partition coefficient (Wildman–Crippen LogP) is -0.596. The Bertz CT molecular complexity index is 354. The van der Waals surface area contributed by atoms with Crippen molar-refractivity contribution < 1.29 is 20.1 Å². The van der Waals surface area contributed by atoms with Crippen molar-refractivity contribution in [2.45, 2.75) is 12.5 Å². The van der Waals surface area contributed by atoms with E-state index in [1.54, 1.807) is 18.2 Å². The molecule has 0 saturated carbocycles. The summed E-state index contributed by atoms with van der Waals surface area (Å²) in [5.74, 6) is -0.241. The Labute approximate surface area is 93.4 Å². The molecule has 16 heavy (non-hydrogen) atoms. The number of aromatic hydroxyl groups is 1. The molecule has 0 fully saturated rings. The van der Waals surface area contributed by atoms with Gasteiger partial charge in [0, 0.05) is 12.1 Å². The number of amides is 1. The normalized spacial score (nSPS) is 12.1. The maximum Gasteiger partial charge on any atom is 0.224 e. The van der Waals surface area contributed by atoms with E-state index in [9.17, 15) is 9.90 Å². The van der Waals surface area contributed by atoms with Gasteiger partial charge in [-0.25, -0.2) is 0 Å². The van der Waals surface area contributed by atoms with Gasteiger partial charge in [-0.15, -0.1) is 0 Å². The van der Waals surface area contributed by atoms with Gasteiger partial charge in [0.1, 0.15) is 5.75 Å². The van der Waals surface area contributed by atoms with E-state index in [2.05, 4.69) is 5.32 Å². The van der Waals surface area contributed by atoms with Gasteiger partial charge < -0.3 is 20.6 Å². The number of carbonyl (C=O) groups excluding carboxylic acids is 1. The van der Waals surface area contributed by atoms with Crippen molar-refractivity contribution in [3.8, 4) is 5.75 Å². The first-order valence-electron chi connectivity index (χ1n) is 4.96. The number of aliphatic hydroxyl groups excluding tert-OH is 2. The molecule has 1 atom stereocenters. The molecule has 1 aromatic carbocycles. The minimum absolute atomic E-state index is 0.00291. The van der Waals surface area contributed by atoms with Crippen LogP contribution in [0.1, 0.15) is 5.56 Å². The zero-order valence-electron chi connectivity index (χ0n) is 8.76. The molecule has 0 radical (unpaired) electrons. The zero-order chi connectivity index (χ0) is 12.0. The third-order valence-corrected chi connectivity index (χ3v) is 2.09. The Kier molecular flexibility index (Phi) is 4.75. The Hall–Kier alpha value is -1.59. The summed E-state index contributed by atoms with van der Waals surface area (Å²) in [5.41, 5.74) is 0.526. The molecular weight excluding hydrogens is 210 g/mol. The fourth-order valence-corrected chi connectivity index (χ4v) is 1.19. The number of benzene rings is 1. The molecule has 88 valence electrons. The van der Waals surface area contributed by atoms with Gasteiger partial charge in [-0.2, -0.15) is 0 Å². The summed E-state index contributed by atoms with van der Waals surface area (Å²) >= 11 is 0. The topological polar surface area (TPSA) is 89.8 Å². The lowest BCUT2D eigenvalue weighted by atomic mass is 10.1. The first-order chi connectivity index (χ1) is 7.63. The van der Waals surface area contributed by atoms with Crippen molar-refractivity contribution in [2.75, 3.05) is 13.2 Å². The number of phenols is 1. The number of hydrogen-bond acceptors (Lipinski definition) is 4. The molecule has 1 rings (SSSR count). The average molecular weight is 225 g/mol. The van der Waals surface area contributed by atoms with E-state index in [0.29, 0.717) is 5.56 Å². The van der Waals surface area contributed by atoms with Crippen LogP contribution < -0.4 is 5.32 Å². The highest BCUT2D eigenvalue weighted by molar-refractivity contribution is 5.79. The lowest BCUT2D eigenvalue weighted by molar-refractivity contribution is -0.121. The Morgan fingerprint density at radius 1 is 1.38 bits per heavy atom. The second kappa shape index (κ2) is 6.09. The summed E-state index contributed by atoms with van der Waals surface area (Å²) in [6.07, 6.45) is -0.904. The highest BCUT2D eigenvalue weighted by Gasteiger charge is 2.08. The minimum atomic E-state index is -0.951. The lowest BCUT2D eigenvalue weighted by Crippen LogP contribution is -2.34. The molecule has 0 bridgehead atoms. The highest BCUT2D eigenvalue weighted by Crippen LogP contribution is 2.15. The maximum absolute atomic E-state index is 11.4. The molecule has 0 aromatic heterocycles. The Morgan fingerprint density at radius 2 is 2.06 bits per heavy atom. The van der Waals surface area contributed by atoms with Crippen molar-refractivity contribution in [1.29, 1.82) is 0 Å². The van der Waals surface area contributed by atoms with Gasteiger partial charge in [-0.3, -0.25) is 4.79 Å². The number of phenolic OH excluding ortho intramolecular Hbond substituents is 1. The number of nitrogens with one attached hydrogen (secondary N) is 1. The van der Waals surface area contributed by atoms with E-state index in [1.807, 2.05) is 0 Å². The third-order valence-electron chi connectivity index (χ3n) is 2.09. The van der Waals surface area contributed by atoms with Gasteiger partial charge in [-0.1, -0.05) is 18.2 Å². The largest absolute Gasteiger partial charge is 0.508 e. The minimum Gasteiger partial charge on any atom is -0.508 e. The molecular formula is C11H15NO4. The van der Waals surface area contributed by atoms with E-state index in [4.69, 9.17) is 10.2 Å². The van der Waals surface area contributed by atoms with Gasteiger partial charge in [-0.05, 0) is 6.07 Å². The fourth-order valence-electron chi connectivity index (χ4n) is 1.19. The molecule has 1 unspecified atom stereocenters. The van der Waals surface area contributed by atoms with Crippen LogP contribution in [0.2, 0.25) is 0 Å². The molecule has 0 spiro atoms. The van der Waals surface area contributed by atoms with E-state index >= 15 is 0 Å². The quantitative estimate of drug-likeness (QED) is 0.539. The first-order valence-corrected chi connectivity index (χ1v) is 4.96. The van der Waals surface area contributed by atoms with Crippen molar-refractivity contribution in [3.63, 3.8) is 0 Å². The van der Waals surface area contributed by atoms with E-state index < -0.39 is 12.7 Å². The molecule has 4 N–H and O–H groups in total. The number of para-hydroxylation sites is 1. The van der Waals surface area contributed by atoms with Crippen LogP contribution in [0, 0.1) is 0 Å².